The average molecular weight is 261 g/mol. The molecule has 2 aromatic carbocycles. The Kier molecular flexibility index (Phi) is 4.27. The SMILES string of the molecule is CC(C)NCc1cccc(-c2ccc(F)cc2F)c1. The Labute approximate surface area is 112 Å². The van der Waals surface area contributed by atoms with Crippen LogP contribution in [0.15, 0.2) is 42.5 Å². The Hall–Kier alpha value is -1.74. The molecule has 100 valence electrons. The van der Waals surface area contributed by atoms with Gasteiger partial charge < -0.3 is 5.32 Å². The second kappa shape index (κ2) is 5.93. The Morgan fingerprint density at radius 3 is 2.53 bits per heavy atom. The van der Waals surface area contributed by atoms with Crippen molar-refractivity contribution < 1.29 is 8.78 Å². The largest absolute Gasteiger partial charge is 0.310 e. The summed E-state index contributed by atoms with van der Waals surface area (Å²) < 4.78 is 26.6. The molecular formula is C16H17F2N. The first-order chi connectivity index (χ1) is 9.06. The van der Waals surface area contributed by atoms with Crippen molar-refractivity contribution in [2.45, 2.75) is 26.4 Å². The predicted molar refractivity (Wildman–Crippen MR) is 73.8 cm³/mol. The summed E-state index contributed by atoms with van der Waals surface area (Å²) in [5, 5.41) is 3.31. The van der Waals surface area contributed by atoms with Gasteiger partial charge in [-0.3, -0.25) is 0 Å². The molecule has 0 amide bonds. The normalized spacial score (nSPS) is 11.0. The zero-order chi connectivity index (χ0) is 13.8. The molecule has 0 radical (unpaired) electrons. The number of benzene rings is 2. The first-order valence-corrected chi connectivity index (χ1v) is 6.34. The summed E-state index contributed by atoms with van der Waals surface area (Å²) in [5.74, 6) is -1.09. The summed E-state index contributed by atoms with van der Waals surface area (Å²) in [6, 6.07) is 11.7. The van der Waals surface area contributed by atoms with Crippen LogP contribution in [0.3, 0.4) is 0 Å². The summed E-state index contributed by atoms with van der Waals surface area (Å²) in [5.41, 5.74) is 2.27. The lowest BCUT2D eigenvalue weighted by Crippen LogP contribution is -2.21. The summed E-state index contributed by atoms with van der Waals surface area (Å²) in [6.07, 6.45) is 0. The molecule has 0 aliphatic rings. The lowest BCUT2D eigenvalue weighted by Gasteiger charge is -2.10. The maximum absolute atomic E-state index is 13.7. The van der Waals surface area contributed by atoms with E-state index in [1.165, 1.54) is 12.1 Å². The van der Waals surface area contributed by atoms with Crippen LogP contribution in [0.25, 0.3) is 11.1 Å². The third-order valence-electron chi connectivity index (χ3n) is 2.88. The summed E-state index contributed by atoms with van der Waals surface area (Å²) >= 11 is 0. The van der Waals surface area contributed by atoms with Gasteiger partial charge in [-0.1, -0.05) is 32.0 Å². The van der Waals surface area contributed by atoms with E-state index in [1.807, 2.05) is 24.3 Å². The molecule has 2 aromatic rings. The first-order valence-electron chi connectivity index (χ1n) is 6.34. The van der Waals surface area contributed by atoms with Crippen LogP contribution in [0.2, 0.25) is 0 Å². The van der Waals surface area contributed by atoms with Gasteiger partial charge in [-0.2, -0.15) is 0 Å². The predicted octanol–water partition coefficient (Wildman–Crippen LogP) is 4.13. The van der Waals surface area contributed by atoms with E-state index >= 15 is 0 Å². The number of halogens is 2. The van der Waals surface area contributed by atoms with Crippen molar-refractivity contribution in [1.29, 1.82) is 0 Å². The summed E-state index contributed by atoms with van der Waals surface area (Å²) in [7, 11) is 0. The Balaban J connectivity index is 2.27. The topological polar surface area (TPSA) is 12.0 Å². The van der Waals surface area contributed by atoms with E-state index in [2.05, 4.69) is 19.2 Å². The van der Waals surface area contributed by atoms with Crippen molar-refractivity contribution in [3.05, 3.63) is 59.7 Å². The summed E-state index contributed by atoms with van der Waals surface area (Å²) in [4.78, 5) is 0. The number of hydrogen-bond acceptors (Lipinski definition) is 1. The van der Waals surface area contributed by atoms with Crippen molar-refractivity contribution in [3.8, 4) is 11.1 Å². The zero-order valence-electron chi connectivity index (χ0n) is 11.1. The van der Waals surface area contributed by atoms with Gasteiger partial charge in [-0.15, -0.1) is 0 Å². The van der Waals surface area contributed by atoms with Gasteiger partial charge in [0, 0.05) is 24.2 Å². The molecule has 0 aromatic heterocycles. The molecule has 1 N–H and O–H groups in total. The zero-order valence-corrected chi connectivity index (χ0v) is 11.1. The number of rotatable bonds is 4. The summed E-state index contributed by atoms with van der Waals surface area (Å²) in [6.45, 7) is 4.88. The molecule has 19 heavy (non-hydrogen) atoms. The molecule has 0 heterocycles. The Morgan fingerprint density at radius 2 is 1.84 bits per heavy atom. The van der Waals surface area contributed by atoms with Crippen LogP contribution in [0, 0.1) is 11.6 Å². The monoisotopic (exact) mass is 261 g/mol. The lowest BCUT2D eigenvalue weighted by molar-refractivity contribution is 0.585. The van der Waals surface area contributed by atoms with Gasteiger partial charge in [0.25, 0.3) is 0 Å². The van der Waals surface area contributed by atoms with Gasteiger partial charge >= 0.3 is 0 Å². The van der Waals surface area contributed by atoms with Gasteiger partial charge in [0.2, 0.25) is 0 Å². The Morgan fingerprint density at radius 1 is 1.05 bits per heavy atom. The molecular weight excluding hydrogens is 244 g/mol. The van der Waals surface area contributed by atoms with Gasteiger partial charge in [-0.05, 0) is 29.3 Å². The molecule has 0 saturated heterocycles. The van der Waals surface area contributed by atoms with Crippen molar-refractivity contribution in [1.82, 2.24) is 5.32 Å². The standard InChI is InChI=1S/C16H17F2N/c1-11(2)19-10-12-4-3-5-13(8-12)15-7-6-14(17)9-16(15)18/h3-9,11,19H,10H2,1-2H3. The lowest BCUT2D eigenvalue weighted by atomic mass is 10.0. The third kappa shape index (κ3) is 3.61. The maximum Gasteiger partial charge on any atom is 0.133 e. The fourth-order valence-electron chi connectivity index (χ4n) is 1.89. The molecule has 2 rings (SSSR count). The molecule has 0 spiro atoms. The van der Waals surface area contributed by atoms with Crippen LogP contribution in [0.4, 0.5) is 8.78 Å². The van der Waals surface area contributed by atoms with Crippen LogP contribution in [-0.2, 0) is 6.54 Å². The Bertz CT molecular complexity index is 564. The highest BCUT2D eigenvalue weighted by molar-refractivity contribution is 5.64. The van der Waals surface area contributed by atoms with E-state index in [-0.39, 0.29) is 0 Å². The minimum absolute atomic E-state index is 0.395. The second-order valence-corrected chi connectivity index (χ2v) is 4.86. The molecule has 1 nitrogen and oxygen atoms in total. The van der Waals surface area contributed by atoms with Gasteiger partial charge in [0.15, 0.2) is 0 Å². The molecule has 0 aliphatic carbocycles. The highest BCUT2D eigenvalue weighted by Crippen LogP contribution is 2.24. The molecule has 0 fully saturated rings. The molecule has 0 unspecified atom stereocenters. The first kappa shape index (κ1) is 13.7. The molecule has 0 atom stereocenters. The average Bonchev–Trinajstić information content (AvgIpc) is 2.36. The quantitative estimate of drug-likeness (QED) is 0.872. The van der Waals surface area contributed by atoms with E-state index in [1.54, 1.807) is 0 Å². The van der Waals surface area contributed by atoms with Crippen LogP contribution >= 0.6 is 0 Å². The van der Waals surface area contributed by atoms with E-state index in [0.29, 0.717) is 11.6 Å². The van der Waals surface area contributed by atoms with Crippen molar-refractivity contribution in [3.63, 3.8) is 0 Å². The van der Waals surface area contributed by atoms with E-state index in [0.717, 1.165) is 23.7 Å². The van der Waals surface area contributed by atoms with Crippen LogP contribution in [0.5, 0.6) is 0 Å². The van der Waals surface area contributed by atoms with Gasteiger partial charge in [0.1, 0.15) is 11.6 Å². The van der Waals surface area contributed by atoms with Crippen LogP contribution in [0.1, 0.15) is 19.4 Å². The van der Waals surface area contributed by atoms with Gasteiger partial charge in [0.05, 0.1) is 0 Å². The fraction of sp³-hybridized carbons (Fsp3) is 0.250. The fourth-order valence-corrected chi connectivity index (χ4v) is 1.89. The number of hydrogen-bond donors (Lipinski definition) is 1. The minimum Gasteiger partial charge on any atom is -0.310 e. The van der Waals surface area contributed by atoms with E-state index in [9.17, 15) is 8.78 Å². The van der Waals surface area contributed by atoms with Crippen molar-refractivity contribution >= 4 is 0 Å². The van der Waals surface area contributed by atoms with Crippen molar-refractivity contribution in [2.75, 3.05) is 0 Å². The molecule has 0 bridgehead atoms. The smallest absolute Gasteiger partial charge is 0.133 e. The van der Waals surface area contributed by atoms with Crippen LogP contribution < -0.4 is 5.32 Å². The minimum atomic E-state index is -0.557. The number of nitrogens with one attached hydrogen (secondary N) is 1. The van der Waals surface area contributed by atoms with Crippen LogP contribution in [-0.4, -0.2) is 6.04 Å². The molecule has 0 saturated carbocycles. The van der Waals surface area contributed by atoms with Crippen molar-refractivity contribution in [2.24, 2.45) is 0 Å². The van der Waals surface area contributed by atoms with Gasteiger partial charge in [-0.25, -0.2) is 8.78 Å². The highest BCUT2D eigenvalue weighted by atomic mass is 19.1. The highest BCUT2D eigenvalue weighted by Gasteiger charge is 2.07. The van der Waals surface area contributed by atoms with E-state index < -0.39 is 11.6 Å². The molecule has 3 heteroatoms. The second-order valence-electron chi connectivity index (χ2n) is 4.86. The molecule has 0 aliphatic heterocycles. The van der Waals surface area contributed by atoms with E-state index in [4.69, 9.17) is 0 Å². The third-order valence-corrected chi connectivity index (χ3v) is 2.88. The maximum atomic E-state index is 13.7.